The normalized spacial score (nSPS) is 17.4. The number of carbonyl (C=O) groups is 1. The molecule has 1 unspecified atom stereocenters. The van der Waals surface area contributed by atoms with E-state index in [2.05, 4.69) is 10.2 Å². The minimum atomic E-state index is 0.176. The molecule has 2 aromatic rings. The van der Waals surface area contributed by atoms with Gasteiger partial charge in [0.05, 0.1) is 11.8 Å². The summed E-state index contributed by atoms with van der Waals surface area (Å²) in [5, 5.41) is 8.35. The van der Waals surface area contributed by atoms with E-state index in [0.717, 1.165) is 44.3 Å². The van der Waals surface area contributed by atoms with E-state index in [9.17, 15) is 4.79 Å². The molecule has 1 fully saturated rings. The molecule has 1 aliphatic heterocycles. The third-order valence-electron chi connectivity index (χ3n) is 4.17. The Hall–Kier alpha value is -2.27. The van der Waals surface area contributed by atoms with Crippen LogP contribution in [-0.2, 0) is 17.6 Å². The van der Waals surface area contributed by atoms with Crippen molar-refractivity contribution in [2.45, 2.75) is 38.2 Å². The van der Waals surface area contributed by atoms with Crippen LogP contribution in [0.1, 0.15) is 40.9 Å². The van der Waals surface area contributed by atoms with E-state index >= 15 is 0 Å². The van der Waals surface area contributed by atoms with E-state index in [1.165, 1.54) is 12.0 Å². The van der Waals surface area contributed by atoms with E-state index in [0.29, 0.717) is 18.1 Å². The summed E-state index contributed by atoms with van der Waals surface area (Å²) in [6.07, 6.45) is 6.09. The maximum Gasteiger partial charge on any atom is 0.233 e. The number of carbonyl (C=O) groups excluding carboxylic acids is 1. The zero-order valence-electron chi connectivity index (χ0n) is 13.7. The van der Waals surface area contributed by atoms with Gasteiger partial charge in [-0.05, 0) is 43.7 Å². The lowest BCUT2D eigenvalue weighted by Crippen LogP contribution is -2.26. The van der Waals surface area contributed by atoms with Crippen LogP contribution in [0, 0.1) is 0 Å². The summed E-state index contributed by atoms with van der Waals surface area (Å²) in [6, 6.07) is 11.4. The first kappa shape index (κ1) is 16.6. The fourth-order valence-electron chi connectivity index (χ4n) is 2.71. The summed E-state index contributed by atoms with van der Waals surface area (Å²) in [6.45, 7) is 1.36. The zero-order valence-corrected chi connectivity index (χ0v) is 13.7. The van der Waals surface area contributed by atoms with E-state index in [1.807, 2.05) is 36.4 Å². The SMILES string of the molecule is O=Cc1ccc(CCc2ccc(OCC3CCCCO3)nn2)cc1. The third kappa shape index (κ3) is 4.86. The molecule has 126 valence electrons. The quantitative estimate of drug-likeness (QED) is 0.732. The van der Waals surface area contributed by atoms with Gasteiger partial charge in [-0.25, -0.2) is 0 Å². The highest BCUT2D eigenvalue weighted by Gasteiger charge is 2.14. The number of aromatic nitrogens is 2. The molecule has 24 heavy (non-hydrogen) atoms. The van der Waals surface area contributed by atoms with Crippen molar-refractivity contribution in [1.29, 1.82) is 0 Å². The Morgan fingerprint density at radius 2 is 1.96 bits per heavy atom. The van der Waals surface area contributed by atoms with Gasteiger partial charge in [0.15, 0.2) is 0 Å². The van der Waals surface area contributed by atoms with E-state index in [1.54, 1.807) is 0 Å². The Balaban J connectivity index is 1.45. The second-order valence-electron chi connectivity index (χ2n) is 6.02. The first-order chi connectivity index (χ1) is 11.8. The Kier molecular flexibility index (Phi) is 5.90. The second-order valence-corrected chi connectivity index (χ2v) is 6.02. The number of hydrogen-bond donors (Lipinski definition) is 0. The molecule has 5 heteroatoms. The summed E-state index contributed by atoms with van der Waals surface area (Å²) in [7, 11) is 0. The molecule has 0 saturated carbocycles. The minimum absolute atomic E-state index is 0.176. The molecule has 0 spiro atoms. The van der Waals surface area contributed by atoms with Crippen molar-refractivity contribution in [3.8, 4) is 5.88 Å². The number of ether oxygens (including phenoxy) is 2. The highest BCUT2D eigenvalue weighted by atomic mass is 16.5. The molecule has 0 aliphatic carbocycles. The molecule has 0 bridgehead atoms. The van der Waals surface area contributed by atoms with Gasteiger partial charge in [0, 0.05) is 18.2 Å². The summed E-state index contributed by atoms with van der Waals surface area (Å²) < 4.78 is 11.3. The largest absolute Gasteiger partial charge is 0.474 e. The van der Waals surface area contributed by atoms with Gasteiger partial charge in [-0.3, -0.25) is 4.79 Å². The molecular weight excluding hydrogens is 304 g/mol. The molecule has 1 aliphatic rings. The van der Waals surface area contributed by atoms with E-state index in [4.69, 9.17) is 9.47 Å². The number of rotatable bonds is 7. The van der Waals surface area contributed by atoms with Crippen LogP contribution in [0.2, 0.25) is 0 Å². The van der Waals surface area contributed by atoms with E-state index in [-0.39, 0.29) is 6.10 Å². The summed E-state index contributed by atoms with van der Waals surface area (Å²) in [5.74, 6) is 0.545. The van der Waals surface area contributed by atoms with Crippen LogP contribution in [0.4, 0.5) is 0 Å². The minimum Gasteiger partial charge on any atom is -0.474 e. The predicted octanol–water partition coefficient (Wildman–Crippen LogP) is 3.02. The third-order valence-corrected chi connectivity index (χ3v) is 4.17. The average Bonchev–Trinajstić information content (AvgIpc) is 2.67. The fraction of sp³-hybridized carbons (Fsp3) is 0.421. The van der Waals surface area contributed by atoms with Crippen molar-refractivity contribution in [3.05, 3.63) is 53.2 Å². The van der Waals surface area contributed by atoms with Crippen LogP contribution >= 0.6 is 0 Å². The van der Waals surface area contributed by atoms with Gasteiger partial charge in [0.1, 0.15) is 12.9 Å². The summed E-state index contributed by atoms with van der Waals surface area (Å²) in [4.78, 5) is 10.6. The maximum absolute atomic E-state index is 10.6. The van der Waals surface area contributed by atoms with Crippen LogP contribution in [0.5, 0.6) is 5.88 Å². The summed E-state index contributed by atoms with van der Waals surface area (Å²) in [5.41, 5.74) is 2.80. The highest BCUT2D eigenvalue weighted by molar-refractivity contribution is 5.74. The second kappa shape index (κ2) is 8.55. The molecule has 5 nitrogen and oxygen atoms in total. The number of aldehydes is 1. The number of aryl methyl sites for hydroxylation is 2. The smallest absolute Gasteiger partial charge is 0.233 e. The molecule has 2 heterocycles. The van der Waals surface area contributed by atoms with Crippen molar-refractivity contribution in [2.75, 3.05) is 13.2 Å². The lowest BCUT2D eigenvalue weighted by molar-refractivity contribution is -0.0121. The lowest BCUT2D eigenvalue weighted by atomic mass is 10.1. The van der Waals surface area contributed by atoms with Crippen molar-refractivity contribution in [3.63, 3.8) is 0 Å². The first-order valence-electron chi connectivity index (χ1n) is 8.44. The van der Waals surface area contributed by atoms with Crippen LogP contribution in [0.15, 0.2) is 36.4 Å². The maximum atomic E-state index is 10.6. The van der Waals surface area contributed by atoms with Gasteiger partial charge in [0.2, 0.25) is 5.88 Å². The Labute approximate surface area is 142 Å². The van der Waals surface area contributed by atoms with Crippen LogP contribution in [0.3, 0.4) is 0 Å². The van der Waals surface area contributed by atoms with Gasteiger partial charge in [-0.15, -0.1) is 5.10 Å². The molecule has 0 amide bonds. The Morgan fingerprint density at radius 3 is 2.62 bits per heavy atom. The molecular formula is C19H22N2O3. The van der Waals surface area contributed by atoms with Crippen molar-refractivity contribution < 1.29 is 14.3 Å². The Morgan fingerprint density at radius 1 is 1.08 bits per heavy atom. The number of hydrogen-bond acceptors (Lipinski definition) is 5. The zero-order chi connectivity index (χ0) is 16.6. The molecule has 1 aromatic heterocycles. The first-order valence-corrected chi connectivity index (χ1v) is 8.44. The Bertz CT molecular complexity index is 635. The monoisotopic (exact) mass is 326 g/mol. The standard InChI is InChI=1S/C19H22N2O3/c22-13-16-6-4-15(5-7-16)8-9-17-10-11-19(21-20-17)24-14-18-3-1-2-12-23-18/h4-7,10-11,13,18H,1-3,8-9,12,14H2. The van der Waals surface area contributed by atoms with Crippen LogP contribution in [-0.4, -0.2) is 35.8 Å². The molecule has 1 aromatic carbocycles. The van der Waals surface area contributed by atoms with Gasteiger partial charge < -0.3 is 9.47 Å². The van der Waals surface area contributed by atoms with Crippen LogP contribution in [0.25, 0.3) is 0 Å². The van der Waals surface area contributed by atoms with E-state index < -0.39 is 0 Å². The number of nitrogens with zero attached hydrogens (tertiary/aromatic N) is 2. The van der Waals surface area contributed by atoms with Gasteiger partial charge in [-0.2, -0.15) is 5.10 Å². The average molecular weight is 326 g/mol. The van der Waals surface area contributed by atoms with Gasteiger partial charge in [0.25, 0.3) is 0 Å². The fourth-order valence-corrected chi connectivity index (χ4v) is 2.71. The van der Waals surface area contributed by atoms with Crippen molar-refractivity contribution in [2.24, 2.45) is 0 Å². The van der Waals surface area contributed by atoms with Crippen LogP contribution < -0.4 is 4.74 Å². The molecule has 1 saturated heterocycles. The topological polar surface area (TPSA) is 61.3 Å². The van der Waals surface area contributed by atoms with Crippen molar-refractivity contribution in [1.82, 2.24) is 10.2 Å². The van der Waals surface area contributed by atoms with Gasteiger partial charge >= 0.3 is 0 Å². The number of benzene rings is 1. The molecule has 1 atom stereocenters. The molecule has 0 radical (unpaired) electrons. The molecule has 3 rings (SSSR count). The van der Waals surface area contributed by atoms with Gasteiger partial charge in [-0.1, -0.05) is 24.3 Å². The lowest BCUT2D eigenvalue weighted by Gasteiger charge is -2.22. The highest BCUT2D eigenvalue weighted by Crippen LogP contribution is 2.15. The molecule has 0 N–H and O–H groups in total. The summed E-state index contributed by atoms with van der Waals surface area (Å²) >= 11 is 0. The van der Waals surface area contributed by atoms with Crippen molar-refractivity contribution >= 4 is 6.29 Å². The predicted molar refractivity (Wildman–Crippen MR) is 90.4 cm³/mol.